The van der Waals surface area contributed by atoms with Gasteiger partial charge in [0.25, 0.3) is 0 Å². The van der Waals surface area contributed by atoms with Crippen LogP contribution >= 0.6 is 0 Å². The lowest BCUT2D eigenvalue weighted by molar-refractivity contribution is 0.510. The van der Waals surface area contributed by atoms with Crippen molar-refractivity contribution in [3.8, 4) is 0 Å². The van der Waals surface area contributed by atoms with Gasteiger partial charge in [0.1, 0.15) is 5.82 Å². The highest BCUT2D eigenvalue weighted by molar-refractivity contribution is 5.23. The van der Waals surface area contributed by atoms with Crippen molar-refractivity contribution in [1.29, 1.82) is 0 Å². The first-order valence-electron chi connectivity index (χ1n) is 7.23. The Bertz CT molecular complexity index is 396. The molecule has 0 aliphatic heterocycles. The maximum Gasteiger partial charge on any atom is 0.123 e. The van der Waals surface area contributed by atoms with E-state index < -0.39 is 0 Å². The van der Waals surface area contributed by atoms with Crippen molar-refractivity contribution in [3.05, 3.63) is 47.3 Å². The molecule has 0 spiro atoms. The molecule has 1 fully saturated rings. The van der Waals surface area contributed by atoms with Gasteiger partial charge in [-0.15, -0.1) is 0 Å². The normalized spacial score (nSPS) is 19.9. The van der Waals surface area contributed by atoms with E-state index in [0.29, 0.717) is 5.92 Å². The third-order valence-corrected chi connectivity index (χ3v) is 3.94. The summed E-state index contributed by atoms with van der Waals surface area (Å²) in [5, 5.41) is 0. The summed E-state index contributed by atoms with van der Waals surface area (Å²) < 4.78 is 13.2. The molecule has 1 heteroatoms. The van der Waals surface area contributed by atoms with Gasteiger partial charge < -0.3 is 0 Å². The van der Waals surface area contributed by atoms with Gasteiger partial charge in [-0.25, -0.2) is 4.39 Å². The lowest BCUT2D eigenvalue weighted by atomic mass is 9.81. The fourth-order valence-corrected chi connectivity index (χ4v) is 2.80. The monoisotopic (exact) mass is 246 g/mol. The number of hydrogen-bond acceptors (Lipinski definition) is 0. The zero-order valence-corrected chi connectivity index (χ0v) is 11.3. The van der Waals surface area contributed by atoms with Gasteiger partial charge >= 0.3 is 0 Å². The SMILES string of the molecule is CCCCC=C1CCC(c2cccc(F)c2)CC1. The molecular weight excluding hydrogens is 223 g/mol. The minimum Gasteiger partial charge on any atom is -0.207 e. The Kier molecular flexibility index (Phi) is 4.98. The molecule has 0 unspecified atom stereocenters. The zero-order chi connectivity index (χ0) is 12.8. The zero-order valence-electron chi connectivity index (χ0n) is 11.3. The Morgan fingerprint density at radius 3 is 2.72 bits per heavy atom. The van der Waals surface area contributed by atoms with E-state index in [9.17, 15) is 4.39 Å². The molecule has 0 bridgehead atoms. The van der Waals surface area contributed by atoms with E-state index in [-0.39, 0.29) is 5.82 Å². The van der Waals surface area contributed by atoms with Crippen LogP contribution in [-0.2, 0) is 0 Å². The maximum absolute atomic E-state index is 13.2. The third kappa shape index (κ3) is 3.69. The van der Waals surface area contributed by atoms with Crippen molar-refractivity contribution < 1.29 is 4.39 Å². The highest BCUT2D eigenvalue weighted by atomic mass is 19.1. The predicted molar refractivity (Wildman–Crippen MR) is 75.2 cm³/mol. The molecule has 0 heterocycles. The summed E-state index contributed by atoms with van der Waals surface area (Å²) in [7, 11) is 0. The summed E-state index contributed by atoms with van der Waals surface area (Å²) in [6, 6.07) is 7.13. The second-order valence-corrected chi connectivity index (χ2v) is 5.33. The molecule has 0 N–H and O–H groups in total. The molecule has 1 aliphatic carbocycles. The van der Waals surface area contributed by atoms with Gasteiger partial charge in [0.2, 0.25) is 0 Å². The number of allylic oxidation sites excluding steroid dienone is 2. The minimum atomic E-state index is -0.100. The van der Waals surface area contributed by atoms with Gasteiger partial charge in [0.05, 0.1) is 0 Å². The Morgan fingerprint density at radius 1 is 1.28 bits per heavy atom. The van der Waals surface area contributed by atoms with Gasteiger partial charge in [-0.05, 0) is 55.7 Å². The largest absolute Gasteiger partial charge is 0.207 e. The molecule has 1 aliphatic rings. The minimum absolute atomic E-state index is 0.100. The van der Waals surface area contributed by atoms with Crippen molar-refractivity contribution in [2.45, 2.75) is 57.8 Å². The summed E-state index contributed by atoms with van der Waals surface area (Å²) in [5.74, 6) is 0.459. The van der Waals surface area contributed by atoms with Crippen molar-refractivity contribution in [1.82, 2.24) is 0 Å². The van der Waals surface area contributed by atoms with E-state index in [1.807, 2.05) is 6.07 Å². The van der Waals surface area contributed by atoms with Crippen LogP contribution < -0.4 is 0 Å². The molecule has 1 aromatic carbocycles. The van der Waals surface area contributed by atoms with E-state index in [4.69, 9.17) is 0 Å². The first-order chi connectivity index (χ1) is 8.79. The fraction of sp³-hybridized carbons (Fsp3) is 0.529. The number of rotatable bonds is 4. The average molecular weight is 246 g/mol. The number of unbranched alkanes of at least 4 members (excludes halogenated alkanes) is 2. The molecule has 0 aromatic heterocycles. The molecule has 0 nitrogen and oxygen atoms in total. The fourth-order valence-electron chi connectivity index (χ4n) is 2.80. The van der Waals surface area contributed by atoms with E-state index in [1.165, 1.54) is 56.6 Å². The van der Waals surface area contributed by atoms with Crippen LogP contribution in [0.4, 0.5) is 4.39 Å². The van der Waals surface area contributed by atoms with Crippen LogP contribution in [0.25, 0.3) is 0 Å². The molecular formula is C17H23F. The molecule has 1 aromatic rings. The van der Waals surface area contributed by atoms with Gasteiger partial charge in [0.15, 0.2) is 0 Å². The van der Waals surface area contributed by atoms with E-state index in [1.54, 1.807) is 11.6 Å². The maximum atomic E-state index is 13.2. The molecule has 2 rings (SSSR count). The Hall–Kier alpha value is -1.11. The average Bonchev–Trinajstić information content (AvgIpc) is 2.40. The summed E-state index contributed by atoms with van der Waals surface area (Å²) in [6.07, 6.45) is 11.0. The topological polar surface area (TPSA) is 0 Å². The van der Waals surface area contributed by atoms with Gasteiger partial charge in [0, 0.05) is 0 Å². The smallest absolute Gasteiger partial charge is 0.123 e. The Labute approximate surface area is 110 Å². The summed E-state index contributed by atoms with van der Waals surface area (Å²) >= 11 is 0. The van der Waals surface area contributed by atoms with Gasteiger partial charge in [-0.1, -0.05) is 43.5 Å². The molecule has 0 saturated heterocycles. The van der Waals surface area contributed by atoms with Crippen molar-refractivity contribution in [2.75, 3.05) is 0 Å². The second-order valence-electron chi connectivity index (χ2n) is 5.33. The van der Waals surface area contributed by atoms with Crippen molar-refractivity contribution in [2.24, 2.45) is 0 Å². The van der Waals surface area contributed by atoms with Crippen molar-refractivity contribution in [3.63, 3.8) is 0 Å². The van der Waals surface area contributed by atoms with Gasteiger partial charge in [-0.2, -0.15) is 0 Å². The standard InChI is InChI=1S/C17H23F/c1-2-3-4-6-14-9-11-15(12-10-14)16-7-5-8-17(18)13-16/h5-8,13,15H,2-4,9-12H2,1H3. The van der Waals surface area contributed by atoms with Crippen LogP contribution in [0.1, 0.15) is 63.4 Å². The predicted octanol–water partition coefficient (Wildman–Crippen LogP) is 5.60. The Balaban J connectivity index is 1.88. The number of halogens is 1. The molecule has 0 atom stereocenters. The quantitative estimate of drug-likeness (QED) is 0.479. The first kappa shape index (κ1) is 13.3. The number of hydrogen-bond donors (Lipinski definition) is 0. The highest BCUT2D eigenvalue weighted by Crippen LogP contribution is 2.35. The summed E-state index contributed by atoms with van der Waals surface area (Å²) in [4.78, 5) is 0. The molecule has 1 saturated carbocycles. The molecule has 0 amide bonds. The Morgan fingerprint density at radius 2 is 2.06 bits per heavy atom. The van der Waals surface area contributed by atoms with E-state index >= 15 is 0 Å². The third-order valence-electron chi connectivity index (χ3n) is 3.94. The van der Waals surface area contributed by atoms with Crippen LogP contribution in [-0.4, -0.2) is 0 Å². The first-order valence-corrected chi connectivity index (χ1v) is 7.23. The highest BCUT2D eigenvalue weighted by Gasteiger charge is 2.18. The summed E-state index contributed by atoms with van der Waals surface area (Å²) in [5.41, 5.74) is 2.80. The molecule has 98 valence electrons. The van der Waals surface area contributed by atoms with Crippen LogP contribution in [0, 0.1) is 5.82 Å². The van der Waals surface area contributed by atoms with Crippen LogP contribution in [0.5, 0.6) is 0 Å². The van der Waals surface area contributed by atoms with Crippen LogP contribution in [0.3, 0.4) is 0 Å². The second kappa shape index (κ2) is 6.72. The molecule has 0 radical (unpaired) electrons. The van der Waals surface area contributed by atoms with Crippen LogP contribution in [0.2, 0.25) is 0 Å². The van der Waals surface area contributed by atoms with E-state index in [2.05, 4.69) is 19.1 Å². The van der Waals surface area contributed by atoms with Crippen molar-refractivity contribution >= 4 is 0 Å². The van der Waals surface area contributed by atoms with Crippen LogP contribution in [0.15, 0.2) is 35.9 Å². The number of benzene rings is 1. The lowest BCUT2D eigenvalue weighted by Crippen LogP contribution is -2.06. The molecule has 18 heavy (non-hydrogen) atoms. The lowest BCUT2D eigenvalue weighted by Gasteiger charge is -2.24. The van der Waals surface area contributed by atoms with E-state index in [0.717, 1.165) is 0 Å². The summed E-state index contributed by atoms with van der Waals surface area (Å²) in [6.45, 7) is 2.24. The van der Waals surface area contributed by atoms with Gasteiger partial charge in [-0.3, -0.25) is 0 Å².